The third-order valence-corrected chi connectivity index (χ3v) is 3.51. The Labute approximate surface area is 113 Å². The smallest absolute Gasteiger partial charge is 0.163 e. The van der Waals surface area contributed by atoms with Crippen molar-refractivity contribution in [3.05, 3.63) is 28.3 Å². The van der Waals surface area contributed by atoms with Crippen molar-refractivity contribution in [1.29, 1.82) is 0 Å². The van der Waals surface area contributed by atoms with Gasteiger partial charge in [0, 0.05) is 23.2 Å². The number of aromatic hydroxyl groups is 1. The summed E-state index contributed by atoms with van der Waals surface area (Å²) in [6.45, 7) is 6.22. The molecule has 1 unspecified atom stereocenters. The first-order valence-electron chi connectivity index (χ1n) is 6.09. The van der Waals surface area contributed by atoms with Gasteiger partial charge in [-0.25, -0.2) is 0 Å². The number of hydrogen-bond donors (Lipinski definition) is 1. The normalized spacial score (nSPS) is 12.8. The lowest BCUT2D eigenvalue weighted by molar-refractivity contribution is 0.101. The summed E-state index contributed by atoms with van der Waals surface area (Å²) in [6.07, 6.45) is 1.03. The van der Waals surface area contributed by atoms with Crippen LogP contribution in [0.3, 0.4) is 0 Å². The average molecular weight is 270 g/mol. The summed E-state index contributed by atoms with van der Waals surface area (Å²) in [5.41, 5.74) is 0.977. The maximum atomic E-state index is 11.4. The molecule has 100 valence electrons. The highest BCUT2D eigenvalue weighted by molar-refractivity contribution is 6.31. The lowest BCUT2D eigenvalue weighted by Crippen LogP contribution is -2.27. The third kappa shape index (κ3) is 3.47. The molecule has 18 heavy (non-hydrogen) atoms. The highest BCUT2D eigenvalue weighted by Crippen LogP contribution is 2.28. The minimum Gasteiger partial charge on any atom is -0.507 e. The van der Waals surface area contributed by atoms with Crippen LogP contribution in [0.5, 0.6) is 5.75 Å². The fourth-order valence-corrected chi connectivity index (χ4v) is 2.02. The molecule has 0 bridgehead atoms. The maximum absolute atomic E-state index is 11.4. The van der Waals surface area contributed by atoms with E-state index in [-0.39, 0.29) is 17.1 Å². The Morgan fingerprint density at radius 3 is 2.61 bits per heavy atom. The van der Waals surface area contributed by atoms with E-state index in [1.54, 1.807) is 6.07 Å². The van der Waals surface area contributed by atoms with E-state index in [1.807, 2.05) is 7.05 Å². The zero-order valence-corrected chi connectivity index (χ0v) is 12.1. The number of carbonyl (C=O) groups is 1. The second-order valence-electron chi connectivity index (χ2n) is 4.69. The van der Waals surface area contributed by atoms with Crippen LogP contribution in [0.2, 0.25) is 5.02 Å². The van der Waals surface area contributed by atoms with E-state index in [2.05, 4.69) is 18.7 Å². The Morgan fingerprint density at radius 2 is 2.11 bits per heavy atom. The number of rotatable bonds is 5. The van der Waals surface area contributed by atoms with Gasteiger partial charge in [0.25, 0.3) is 0 Å². The van der Waals surface area contributed by atoms with Crippen molar-refractivity contribution in [1.82, 2.24) is 4.90 Å². The number of benzene rings is 1. The molecule has 4 heteroatoms. The van der Waals surface area contributed by atoms with Crippen molar-refractivity contribution in [3.63, 3.8) is 0 Å². The van der Waals surface area contributed by atoms with Crippen LogP contribution in [-0.2, 0) is 6.54 Å². The SMILES string of the molecule is CCC(C)N(C)Cc1cc(Cl)cc(C(C)=O)c1O. The Kier molecular flexibility index (Phi) is 5.17. The summed E-state index contributed by atoms with van der Waals surface area (Å²) in [7, 11) is 1.99. The molecule has 1 atom stereocenters. The number of nitrogens with zero attached hydrogens (tertiary/aromatic N) is 1. The van der Waals surface area contributed by atoms with Gasteiger partial charge in [0.2, 0.25) is 0 Å². The molecular weight excluding hydrogens is 250 g/mol. The number of phenolic OH excluding ortho intramolecular Hbond substituents is 1. The van der Waals surface area contributed by atoms with Gasteiger partial charge in [0.15, 0.2) is 5.78 Å². The topological polar surface area (TPSA) is 40.5 Å². The van der Waals surface area contributed by atoms with Gasteiger partial charge in [-0.15, -0.1) is 0 Å². The average Bonchev–Trinajstić information content (AvgIpc) is 2.31. The van der Waals surface area contributed by atoms with Gasteiger partial charge < -0.3 is 5.11 Å². The Morgan fingerprint density at radius 1 is 1.50 bits per heavy atom. The van der Waals surface area contributed by atoms with E-state index in [0.29, 0.717) is 23.2 Å². The molecule has 1 N–H and O–H groups in total. The molecule has 3 nitrogen and oxygen atoms in total. The van der Waals surface area contributed by atoms with Crippen LogP contribution in [0, 0.1) is 0 Å². The number of ketones is 1. The second-order valence-corrected chi connectivity index (χ2v) is 5.13. The van der Waals surface area contributed by atoms with Crippen LogP contribution in [0.4, 0.5) is 0 Å². The third-order valence-electron chi connectivity index (χ3n) is 3.30. The number of Topliss-reactive ketones (excluding diaryl/α,β-unsaturated/α-hetero) is 1. The van der Waals surface area contributed by atoms with Crippen molar-refractivity contribution in [2.45, 2.75) is 39.8 Å². The van der Waals surface area contributed by atoms with E-state index in [9.17, 15) is 9.90 Å². The molecule has 1 aromatic rings. The predicted octanol–water partition coefficient (Wildman–Crippen LogP) is 3.48. The van der Waals surface area contributed by atoms with E-state index in [0.717, 1.165) is 6.42 Å². The lowest BCUT2D eigenvalue weighted by atomic mass is 10.0. The van der Waals surface area contributed by atoms with Crippen molar-refractivity contribution >= 4 is 17.4 Å². The molecule has 0 saturated carbocycles. The summed E-state index contributed by atoms with van der Waals surface area (Å²) in [4.78, 5) is 13.5. The predicted molar refractivity (Wildman–Crippen MR) is 74.3 cm³/mol. The summed E-state index contributed by atoms with van der Waals surface area (Å²) in [5, 5.41) is 10.6. The van der Waals surface area contributed by atoms with Gasteiger partial charge in [0.05, 0.1) is 5.56 Å². The summed E-state index contributed by atoms with van der Waals surface area (Å²) >= 11 is 5.98. The van der Waals surface area contributed by atoms with E-state index in [1.165, 1.54) is 13.0 Å². The van der Waals surface area contributed by atoms with Gasteiger partial charge in [-0.3, -0.25) is 9.69 Å². The molecule has 0 spiro atoms. The first kappa shape index (κ1) is 15.0. The van der Waals surface area contributed by atoms with Crippen molar-refractivity contribution in [2.75, 3.05) is 7.05 Å². The highest BCUT2D eigenvalue weighted by atomic mass is 35.5. The van der Waals surface area contributed by atoms with Gasteiger partial charge in [-0.05, 0) is 39.4 Å². The molecule has 0 heterocycles. The fraction of sp³-hybridized carbons (Fsp3) is 0.500. The second kappa shape index (κ2) is 6.21. The minimum absolute atomic E-state index is 0.0436. The van der Waals surface area contributed by atoms with Crippen molar-refractivity contribution in [3.8, 4) is 5.75 Å². The minimum atomic E-state index is -0.178. The Balaban J connectivity index is 3.06. The molecule has 0 amide bonds. The van der Waals surface area contributed by atoms with Gasteiger partial charge in [-0.1, -0.05) is 18.5 Å². The monoisotopic (exact) mass is 269 g/mol. The molecule has 0 aliphatic rings. The first-order valence-corrected chi connectivity index (χ1v) is 6.47. The van der Waals surface area contributed by atoms with Crippen LogP contribution < -0.4 is 0 Å². The Hall–Kier alpha value is -1.06. The summed E-state index contributed by atoms with van der Waals surface area (Å²) < 4.78 is 0. The standard InChI is InChI=1S/C14H20ClNO2/c1-5-9(2)16(4)8-11-6-12(15)7-13(10(3)17)14(11)18/h6-7,9,18H,5,8H2,1-4H3. The number of hydrogen-bond acceptors (Lipinski definition) is 3. The van der Waals surface area contributed by atoms with Crippen LogP contribution in [-0.4, -0.2) is 28.9 Å². The number of halogens is 1. The van der Waals surface area contributed by atoms with Crippen molar-refractivity contribution in [2.24, 2.45) is 0 Å². The number of phenols is 1. The Bertz CT molecular complexity index is 446. The molecule has 0 saturated heterocycles. The molecular formula is C14H20ClNO2. The van der Waals surface area contributed by atoms with Gasteiger partial charge >= 0.3 is 0 Å². The largest absolute Gasteiger partial charge is 0.507 e. The quantitative estimate of drug-likeness (QED) is 0.832. The van der Waals surface area contributed by atoms with Crippen LogP contribution >= 0.6 is 11.6 Å². The molecule has 0 fully saturated rings. The maximum Gasteiger partial charge on any atom is 0.163 e. The van der Waals surface area contributed by atoms with Crippen molar-refractivity contribution < 1.29 is 9.90 Å². The van der Waals surface area contributed by atoms with E-state index >= 15 is 0 Å². The molecule has 1 rings (SSSR count). The van der Waals surface area contributed by atoms with Crippen LogP contribution in [0.1, 0.15) is 43.1 Å². The fourth-order valence-electron chi connectivity index (χ4n) is 1.78. The van der Waals surface area contributed by atoms with E-state index < -0.39 is 0 Å². The molecule has 0 aliphatic heterocycles. The zero-order chi connectivity index (χ0) is 13.9. The highest BCUT2D eigenvalue weighted by Gasteiger charge is 2.15. The first-order chi connectivity index (χ1) is 8.36. The molecule has 0 aromatic heterocycles. The summed E-state index contributed by atoms with van der Waals surface area (Å²) in [6, 6.07) is 3.62. The molecule has 1 aromatic carbocycles. The van der Waals surface area contributed by atoms with Gasteiger partial charge in [-0.2, -0.15) is 0 Å². The molecule has 0 aliphatic carbocycles. The van der Waals surface area contributed by atoms with Crippen LogP contribution in [0.25, 0.3) is 0 Å². The molecule has 0 radical (unpaired) electrons. The van der Waals surface area contributed by atoms with Crippen LogP contribution in [0.15, 0.2) is 12.1 Å². The van der Waals surface area contributed by atoms with Gasteiger partial charge in [0.1, 0.15) is 5.75 Å². The summed E-state index contributed by atoms with van der Waals surface area (Å²) in [5.74, 6) is -0.135. The lowest BCUT2D eigenvalue weighted by Gasteiger charge is -2.24. The van der Waals surface area contributed by atoms with E-state index in [4.69, 9.17) is 11.6 Å². The zero-order valence-electron chi connectivity index (χ0n) is 11.3. The number of carbonyl (C=O) groups excluding carboxylic acids is 1.